The van der Waals surface area contributed by atoms with Gasteiger partial charge in [-0.25, -0.2) is 4.99 Å². The van der Waals surface area contributed by atoms with Crippen LogP contribution in [0.3, 0.4) is 0 Å². The van der Waals surface area contributed by atoms with Gasteiger partial charge < -0.3 is 15.4 Å². The third-order valence-corrected chi connectivity index (χ3v) is 4.03. The summed E-state index contributed by atoms with van der Waals surface area (Å²) in [4.78, 5) is 7.08. The first-order valence-corrected chi connectivity index (χ1v) is 9.08. The minimum absolute atomic E-state index is 0.318. The summed E-state index contributed by atoms with van der Waals surface area (Å²) < 4.78 is 5.80. The number of hydrogen-bond donors (Lipinski definition) is 2. The standard InChI is InChI=1S/C19H32N4O/c1-5-20-19(21-6-2)22-11-17-7-9-18(10-8-17)14-23-12-15(3)24-16(4)13-23/h7-10,15-16H,5-6,11-14H2,1-4H3,(H2,20,21,22). The maximum atomic E-state index is 5.80. The summed E-state index contributed by atoms with van der Waals surface area (Å²) in [5, 5.41) is 6.50. The van der Waals surface area contributed by atoms with Crippen LogP contribution in [-0.2, 0) is 17.8 Å². The Labute approximate surface area is 146 Å². The molecule has 0 saturated carbocycles. The Kier molecular flexibility index (Phi) is 7.53. The molecule has 0 amide bonds. The van der Waals surface area contributed by atoms with Crippen LogP contribution in [0.25, 0.3) is 0 Å². The van der Waals surface area contributed by atoms with E-state index < -0.39 is 0 Å². The highest BCUT2D eigenvalue weighted by atomic mass is 16.5. The SMILES string of the molecule is CCNC(=NCc1ccc(CN2CC(C)OC(C)C2)cc1)NCC. The Bertz CT molecular complexity index is 497. The van der Waals surface area contributed by atoms with Gasteiger partial charge in [0.2, 0.25) is 0 Å². The van der Waals surface area contributed by atoms with Gasteiger partial charge in [0, 0.05) is 32.7 Å². The lowest BCUT2D eigenvalue weighted by Crippen LogP contribution is -2.44. The van der Waals surface area contributed by atoms with Crippen LogP contribution in [-0.4, -0.2) is 49.2 Å². The maximum absolute atomic E-state index is 5.80. The lowest BCUT2D eigenvalue weighted by molar-refractivity contribution is -0.0704. The summed E-state index contributed by atoms with van der Waals surface area (Å²) in [5.74, 6) is 0.875. The van der Waals surface area contributed by atoms with Crippen LogP contribution in [0.2, 0.25) is 0 Å². The molecule has 2 atom stereocenters. The second-order valence-corrected chi connectivity index (χ2v) is 6.49. The zero-order valence-corrected chi connectivity index (χ0v) is 15.5. The van der Waals surface area contributed by atoms with Gasteiger partial charge in [-0.05, 0) is 38.8 Å². The van der Waals surface area contributed by atoms with Gasteiger partial charge in [-0.15, -0.1) is 0 Å². The normalized spacial score (nSPS) is 21.3. The molecule has 2 unspecified atom stereocenters. The summed E-state index contributed by atoms with van der Waals surface area (Å²) >= 11 is 0. The van der Waals surface area contributed by atoms with E-state index in [1.165, 1.54) is 11.1 Å². The van der Waals surface area contributed by atoms with Crippen molar-refractivity contribution in [3.63, 3.8) is 0 Å². The molecule has 0 aliphatic carbocycles. The molecule has 2 rings (SSSR count). The van der Waals surface area contributed by atoms with Crippen molar-refractivity contribution >= 4 is 5.96 Å². The van der Waals surface area contributed by atoms with Crippen molar-refractivity contribution in [3.8, 4) is 0 Å². The van der Waals surface area contributed by atoms with Crippen molar-refractivity contribution in [1.82, 2.24) is 15.5 Å². The molecule has 1 fully saturated rings. The fourth-order valence-electron chi connectivity index (χ4n) is 3.10. The van der Waals surface area contributed by atoms with Crippen LogP contribution in [0.5, 0.6) is 0 Å². The lowest BCUT2D eigenvalue weighted by Gasteiger charge is -2.35. The van der Waals surface area contributed by atoms with Gasteiger partial charge in [-0.3, -0.25) is 4.90 Å². The molecule has 24 heavy (non-hydrogen) atoms. The van der Waals surface area contributed by atoms with E-state index in [0.717, 1.165) is 38.7 Å². The molecule has 0 radical (unpaired) electrons. The van der Waals surface area contributed by atoms with E-state index in [9.17, 15) is 0 Å². The van der Waals surface area contributed by atoms with E-state index >= 15 is 0 Å². The van der Waals surface area contributed by atoms with Gasteiger partial charge in [0.05, 0.1) is 18.8 Å². The second-order valence-electron chi connectivity index (χ2n) is 6.49. The van der Waals surface area contributed by atoms with Crippen LogP contribution < -0.4 is 10.6 Å². The topological polar surface area (TPSA) is 48.9 Å². The Balaban J connectivity index is 1.89. The maximum Gasteiger partial charge on any atom is 0.191 e. The molecule has 2 N–H and O–H groups in total. The van der Waals surface area contributed by atoms with Crippen molar-refractivity contribution in [1.29, 1.82) is 0 Å². The van der Waals surface area contributed by atoms with E-state index in [1.807, 2.05) is 0 Å². The summed E-state index contributed by atoms with van der Waals surface area (Å²) in [6.07, 6.45) is 0.635. The highest BCUT2D eigenvalue weighted by Gasteiger charge is 2.21. The second kappa shape index (κ2) is 9.64. The van der Waals surface area contributed by atoms with Crippen molar-refractivity contribution in [2.75, 3.05) is 26.2 Å². The zero-order chi connectivity index (χ0) is 17.4. The van der Waals surface area contributed by atoms with Gasteiger partial charge in [0.15, 0.2) is 5.96 Å². The summed E-state index contributed by atoms with van der Waals surface area (Å²) in [7, 11) is 0. The molecule has 5 nitrogen and oxygen atoms in total. The van der Waals surface area contributed by atoms with Gasteiger partial charge in [-0.1, -0.05) is 24.3 Å². The molecule has 0 spiro atoms. The molecule has 1 aliphatic heterocycles. The summed E-state index contributed by atoms with van der Waals surface area (Å²) in [6.45, 7) is 13.9. The molecular weight excluding hydrogens is 300 g/mol. The average molecular weight is 332 g/mol. The smallest absolute Gasteiger partial charge is 0.191 e. The van der Waals surface area contributed by atoms with Crippen LogP contribution in [0.15, 0.2) is 29.3 Å². The predicted octanol–water partition coefficient (Wildman–Crippen LogP) is 2.37. The van der Waals surface area contributed by atoms with E-state index in [0.29, 0.717) is 18.8 Å². The number of ether oxygens (including phenoxy) is 1. The molecular formula is C19H32N4O. The van der Waals surface area contributed by atoms with E-state index in [-0.39, 0.29) is 0 Å². The number of nitrogens with zero attached hydrogens (tertiary/aromatic N) is 2. The molecule has 0 aromatic heterocycles. The number of nitrogens with one attached hydrogen (secondary N) is 2. The molecule has 1 heterocycles. The zero-order valence-electron chi connectivity index (χ0n) is 15.5. The fraction of sp³-hybridized carbons (Fsp3) is 0.632. The van der Waals surface area contributed by atoms with Crippen LogP contribution in [0.4, 0.5) is 0 Å². The minimum atomic E-state index is 0.318. The third-order valence-electron chi connectivity index (χ3n) is 4.03. The van der Waals surface area contributed by atoms with Crippen molar-refractivity contribution < 1.29 is 4.74 Å². The molecule has 1 aromatic rings. The molecule has 1 aliphatic rings. The third kappa shape index (κ3) is 6.13. The fourth-order valence-corrected chi connectivity index (χ4v) is 3.10. The highest BCUT2D eigenvalue weighted by molar-refractivity contribution is 5.79. The molecule has 5 heteroatoms. The number of aliphatic imine (C=N–C) groups is 1. The van der Waals surface area contributed by atoms with E-state index in [1.54, 1.807) is 0 Å². The Morgan fingerprint density at radius 3 is 2.12 bits per heavy atom. The van der Waals surface area contributed by atoms with Crippen molar-refractivity contribution in [3.05, 3.63) is 35.4 Å². The van der Waals surface area contributed by atoms with Crippen LogP contribution in [0, 0.1) is 0 Å². The Hall–Kier alpha value is -1.59. The van der Waals surface area contributed by atoms with Crippen LogP contribution in [0.1, 0.15) is 38.8 Å². The largest absolute Gasteiger partial charge is 0.373 e. The molecule has 134 valence electrons. The van der Waals surface area contributed by atoms with Gasteiger partial charge in [0.25, 0.3) is 0 Å². The Morgan fingerprint density at radius 1 is 1.04 bits per heavy atom. The first-order valence-electron chi connectivity index (χ1n) is 9.08. The van der Waals surface area contributed by atoms with E-state index in [4.69, 9.17) is 4.74 Å². The number of hydrogen-bond acceptors (Lipinski definition) is 3. The monoisotopic (exact) mass is 332 g/mol. The lowest BCUT2D eigenvalue weighted by atomic mass is 10.1. The summed E-state index contributed by atoms with van der Waals surface area (Å²) in [6, 6.07) is 8.80. The minimum Gasteiger partial charge on any atom is -0.373 e. The van der Waals surface area contributed by atoms with Crippen molar-refractivity contribution in [2.24, 2.45) is 4.99 Å². The van der Waals surface area contributed by atoms with Gasteiger partial charge in [0.1, 0.15) is 0 Å². The quantitative estimate of drug-likeness (QED) is 0.620. The number of benzene rings is 1. The highest BCUT2D eigenvalue weighted by Crippen LogP contribution is 2.15. The van der Waals surface area contributed by atoms with E-state index in [2.05, 4.69) is 72.5 Å². The molecule has 1 aromatic carbocycles. The summed E-state index contributed by atoms with van der Waals surface area (Å²) in [5.41, 5.74) is 2.58. The average Bonchev–Trinajstić information content (AvgIpc) is 2.53. The predicted molar refractivity (Wildman–Crippen MR) is 100 cm³/mol. The van der Waals surface area contributed by atoms with Gasteiger partial charge in [-0.2, -0.15) is 0 Å². The molecule has 0 bridgehead atoms. The number of rotatable bonds is 6. The number of guanidine groups is 1. The first kappa shape index (κ1) is 18.7. The first-order chi connectivity index (χ1) is 11.6. The van der Waals surface area contributed by atoms with Gasteiger partial charge >= 0.3 is 0 Å². The molecule has 1 saturated heterocycles. The van der Waals surface area contributed by atoms with Crippen molar-refractivity contribution in [2.45, 2.75) is 53.0 Å². The van der Waals surface area contributed by atoms with Crippen LogP contribution >= 0.6 is 0 Å². The number of morpholine rings is 1. The Morgan fingerprint density at radius 2 is 1.58 bits per heavy atom.